The summed E-state index contributed by atoms with van der Waals surface area (Å²) in [6, 6.07) is 14.2. The van der Waals surface area contributed by atoms with Crippen molar-refractivity contribution in [3.63, 3.8) is 0 Å². The fourth-order valence-corrected chi connectivity index (χ4v) is 3.95. The molecule has 146 valence electrons. The van der Waals surface area contributed by atoms with E-state index in [9.17, 15) is 9.59 Å². The number of carbonyl (C=O) groups excluding carboxylic acids is 2. The van der Waals surface area contributed by atoms with Crippen molar-refractivity contribution in [2.45, 2.75) is 31.5 Å². The van der Waals surface area contributed by atoms with E-state index in [0.717, 1.165) is 30.6 Å². The number of para-hydroxylation sites is 1. The standard InChI is InChI=1S/C22H24N2O4/c1-27-19-11-5-2-7-15(19)14-24-20(17-9-3-4-10-18(17)22(24)26)21(25)23-13-16-8-6-12-28-16/h2-5,7,9-11,16,20H,6,8,12-14H2,1H3,(H,23,25). The minimum absolute atomic E-state index is 0.0546. The summed E-state index contributed by atoms with van der Waals surface area (Å²) < 4.78 is 11.0. The molecule has 2 atom stereocenters. The molecule has 0 aliphatic carbocycles. The van der Waals surface area contributed by atoms with E-state index in [4.69, 9.17) is 9.47 Å². The van der Waals surface area contributed by atoms with Crippen LogP contribution in [0.1, 0.15) is 40.4 Å². The molecule has 1 N–H and O–H groups in total. The number of hydrogen-bond donors (Lipinski definition) is 1. The number of methoxy groups -OCH3 is 1. The molecule has 0 radical (unpaired) electrons. The highest BCUT2D eigenvalue weighted by atomic mass is 16.5. The van der Waals surface area contributed by atoms with Crippen molar-refractivity contribution < 1.29 is 19.1 Å². The van der Waals surface area contributed by atoms with E-state index < -0.39 is 6.04 Å². The van der Waals surface area contributed by atoms with Crippen LogP contribution in [0.4, 0.5) is 0 Å². The molecule has 2 aromatic rings. The largest absolute Gasteiger partial charge is 0.496 e. The zero-order valence-corrected chi connectivity index (χ0v) is 15.9. The van der Waals surface area contributed by atoms with E-state index in [1.807, 2.05) is 42.5 Å². The summed E-state index contributed by atoms with van der Waals surface area (Å²) in [5.74, 6) is 0.382. The average Bonchev–Trinajstić information content (AvgIpc) is 3.34. The number of nitrogens with one attached hydrogen (secondary N) is 1. The molecule has 1 fully saturated rings. The van der Waals surface area contributed by atoms with Crippen molar-refractivity contribution in [1.82, 2.24) is 10.2 Å². The van der Waals surface area contributed by atoms with Gasteiger partial charge in [0, 0.05) is 24.3 Å². The first-order valence-electron chi connectivity index (χ1n) is 9.60. The Hall–Kier alpha value is -2.86. The quantitative estimate of drug-likeness (QED) is 0.837. The van der Waals surface area contributed by atoms with E-state index in [1.165, 1.54) is 0 Å². The molecule has 1 saturated heterocycles. The zero-order valence-electron chi connectivity index (χ0n) is 15.9. The number of rotatable bonds is 6. The van der Waals surface area contributed by atoms with Crippen LogP contribution in [0, 0.1) is 0 Å². The topological polar surface area (TPSA) is 67.9 Å². The molecule has 4 rings (SSSR count). The highest BCUT2D eigenvalue weighted by Gasteiger charge is 2.41. The third-order valence-corrected chi connectivity index (χ3v) is 5.37. The van der Waals surface area contributed by atoms with Crippen molar-refractivity contribution in [2.75, 3.05) is 20.3 Å². The Bertz CT molecular complexity index is 876. The van der Waals surface area contributed by atoms with E-state index in [0.29, 0.717) is 24.4 Å². The maximum atomic E-state index is 13.1. The molecule has 6 nitrogen and oxygen atoms in total. The Labute approximate surface area is 164 Å². The second-order valence-corrected chi connectivity index (χ2v) is 7.11. The summed E-state index contributed by atoms with van der Waals surface area (Å²) in [5.41, 5.74) is 2.19. The summed E-state index contributed by atoms with van der Waals surface area (Å²) >= 11 is 0. The van der Waals surface area contributed by atoms with Crippen LogP contribution in [0.15, 0.2) is 48.5 Å². The number of benzene rings is 2. The monoisotopic (exact) mass is 380 g/mol. The van der Waals surface area contributed by atoms with E-state index in [-0.39, 0.29) is 17.9 Å². The van der Waals surface area contributed by atoms with Gasteiger partial charge in [-0.3, -0.25) is 9.59 Å². The fraction of sp³-hybridized carbons (Fsp3) is 0.364. The molecule has 28 heavy (non-hydrogen) atoms. The van der Waals surface area contributed by atoms with Crippen LogP contribution in [-0.4, -0.2) is 43.1 Å². The molecular weight excluding hydrogens is 356 g/mol. The first-order valence-corrected chi connectivity index (χ1v) is 9.60. The minimum Gasteiger partial charge on any atom is -0.496 e. The van der Waals surface area contributed by atoms with Gasteiger partial charge in [-0.25, -0.2) is 0 Å². The van der Waals surface area contributed by atoms with Crippen LogP contribution in [0.5, 0.6) is 5.75 Å². The first-order chi connectivity index (χ1) is 13.7. The van der Waals surface area contributed by atoms with Gasteiger partial charge in [-0.15, -0.1) is 0 Å². The maximum Gasteiger partial charge on any atom is 0.255 e. The molecule has 2 aromatic carbocycles. The lowest BCUT2D eigenvalue weighted by Crippen LogP contribution is -2.41. The lowest BCUT2D eigenvalue weighted by atomic mass is 10.0. The normalized spacial score (nSPS) is 20.9. The van der Waals surface area contributed by atoms with Crippen molar-refractivity contribution >= 4 is 11.8 Å². The molecule has 2 amide bonds. The number of fused-ring (bicyclic) bond motifs is 1. The number of hydrogen-bond acceptors (Lipinski definition) is 4. The Kier molecular flexibility index (Phi) is 5.30. The van der Waals surface area contributed by atoms with Crippen molar-refractivity contribution in [3.8, 4) is 5.75 Å². The highest BCUT2D eigenvalue weighted by molar-refractivity contribution is 6.04. The van der Waals surface area contributed by atoms with Crippen LogP contribution in [0.2, 0.25) is 0 Å². The lowest BCUT2D eigenvalue weighted by Gasteiger charge is -2.26. The maximum absolute atomic E-state index is 13.1. The predicted octanol–water partition coefficient (Wildman–Crippen LogP) is 2.69. The Balaban J connectivity index is 1.59. The first kappa shape index (κ1) is 18.5. The number of nitrogens with zero attached hydrogens (tertiary/aromatic N) is 1. The van der Waals surface area contributed by atoms with Crippen LogP contribution < -0.4 is 10.1 Å². The molecule has 2 unspecified atom stereocenters. The smallest absolute Gasteiger partial charge is 0.255 e. The second-order valence-electron chi connectivity index (χ2n) is 7.11. The molecular formula is C22H24N2O4. The van der Waals surface area contributed by atoms with Gasteiger partial charge in [0.25, 0.3) is 5.91 Å². The van der Waals surface area contributed by atoms with Gasteiger partial charge in [0.15, 0.2) is 0 Å². The van der Waals surface area contributed by atoms with Gasteiger partial charge < -0.3 is 19.7 Å². The second kappa shape index (κ2) is 8.02. The number of amides is 2. The molecule has 6 heteroatoms. The fourth-order valence-electron chi connectivity index (χ4n) is 3.95. The Morgan fingerprint density at radius 3 is 2.79 bits per heavy atom. The van der Waals surface area contributed by atoms with Gasteiger partial charge in [-0.05, 0) is 30.5 Å². The van der Waals surface area contributed by atoms with Crippen LogP contribution >= 0.6 is 0 Å². The highest BCUT2D eigenvalue weighted by Crippen LogP contribution is 2.36. The summed E-state index contributed by atoms with van der Waals surface area (Å²) in [4.78, 5) is 27.7. The summed E-state index contributed by atoms with van der Waals surface area (Å²) in [6.07, 6.45) is 2.02. The predicted molar refractivity (Wildman–Crippen MR) is 104 cm³/mol. The van der Waals surface area contributed by atoms with Gasteiger partial charge in [-0.1, -0.05) is 36.4 Å². The zero-order chi connectivity index (χ0) is 19.5. The van der Waals surface area contributed by atoms with Gasteiger partial charge in [0.2, 0.25) is 5.91 Å². The van der Waals surface area contributed by atoms with Crippen LogP contribution in [-0.2, 0) is 16.1 Å². The summed E-state index contributed by atoms with van der Waals surface area (Å²) in [5, 5.41) is 2.98. The van der Waals surface area contributed by atoms with Gasteiger partial charge in [0.05, 0.1) is 19.8 Å². The van der Waals surface area contributed by atoms with Gasteiger partial charge in [0.1, 0.15) is 11.8 Å². The number of ether oxygens (including phenoxy) is 2. The SMILES string of the molecule is COc1ccccc1CN1C(=O)c2ccccc2C1C(=O)NCC1CCCO1. The average molecular weight is 380 g/mol. The number of carbonyl (C=O) groups is 2. The minimum atomic E-state index is -0.657. The van der Waals surface area contributed by atoms with E-state index in [2.05, 4.69) is 5.32 Å². The molecule has 2 heterocycles. The molecule has 0 bridgehead atoms. The Morgan fingerprint density at radius 2 is 2.00 bits per heavy atom. The molecule has 0 saturated carbocycles. The van der Waals surface area contributed by atoms with E-state index >= 15 is 0 Å². The third-order valence-electron chi connectivity index (χ3n) is 5.37. The molecule has 2 aliphatic heterocycles. The van der Waals surface area contributed by atoms with Crippen LogP contribution in [0.25, 0.3) is 0 Å². The van der Waals surface area contributed by atoms with Crippen LogP contribution in [0.3, 0.4) is 0 Å². The van der Waals surface area contributed by atoms with E-state index in [1.54, 1.807) is 18.1 Å². The van der Waals surface area contributed by atoms with Crippen molar-refractivity contribution in [1.29, 1.82) is 0 Å². The molecule has 2 aliphatic rings. The van der Waals surface area contributed by atoms with Crippen molar-refractivity contribution in [3.05, 3.63) is 65.2 Å². The van der Waals surface area contributed by atoms with Gasteiger partial charge >= 0.3 is 0 Å². The lowest BCUT2D eigenvalue weighted by molar-refractivity contribution is -0.126. The molecule has 0 aromatic heterocycles. The summed E-state index contributed by atoms with van der Waals surface area (Å²) in [6.45, 7) is 1.51. The third kappa shape index (κ3) is 3.47. The Morgan fingerprint density at radius 1 is 1.21 bits per heavy atom. The van der Waals surface area contributed by atoms with Gasteiger partial charge in [-0.2, -0.15) is 0 Å². The summed E-state index contributed by atoms with van der Waals surface area (Å²) in [7, 11) is 1.60. The van der Waals surface area contributed by atoms with Crippen molar-refractivity contribution in [2.24, 2.45) is 0 Å². The molecule has 0 spiro atoms.